The number of rotatable bonds is 4. The number of benzene rings is 2. The van der Waals surface area contributed by atoms with Crippen molar-refractivity contribution in [2.45, 2.75) is 43.7 Å². The summed E-state index contributed by atoms with van der Waals surface area (Å²) >= 11 is 0. The lowest BCUT2D eigenvalue weighted by Crippen LogP contribution is -2.44. The highest BCUT2D eigenvalue weighted by Crippen LogP contribution is 2.47. The number of H-pyrrole nitrogens is 1. The van der Waals surface area contributed by atoms with Gasteiger partial charge in [-0.3, -0.25) is 9.59 Å². The Labute approximate surface area is 188 Å². The topological polar surface area (TPSA) is 86.3 Å². The lowest BCUT2D eigenvalue weighted by Gasteiger charge is -2.42. The maximum atomic E-state index is 14.0. The monoisotopic (exact) mass is 451 g/mol. The van der Waals surface area contributed by atoms with Crippen LogP contribution in [0.15, 0.2) is 53.3 Å². The number of aliphatic hydroxyl groups is 1. The van der Waals surface area contributed by atoms with Crippen LogP contribution < -0.4 is 5.56 Å². The third-order valence-electron chi connectivity index (χ3n) is 6.88. The maximum absolute atomic E-state index is 14.0. The van der Waals surface area contributed by atoms with E-state index in [4.69, 9.17) is 4.98 Å². The molecular formula is C25H23F2N3O3. The number of halogens is 2. The predicted octanol–water partition coefficient (Wildman–Crippen LogP) is 3.14. The van der Waals surface area contributed by atoms with Gasteiger partial charge in [-0.2, -0.15) is 0 Å². The summed E-state index contributed by atoms with van der Waals surface area (Å²) in [7, 11) is 0. The van der Waals surface area contributed by atoms with Crippen molar-refractivity contribution in [1.82, 2.24) is 14.9 Å². The molecule has 170 valence electrons. The van der Waals surface area contributed by atoms with E-state index in [9.17, 15) is 23.5 Å². The number of hydrogen-bond donors (Lipinski definition) is 2. The smallest absolute Gasteiger partial charge is 0.256 e. The Morgan fingerprint density at radius 1 is 1.12 bits per heavy atom. The summed E-state index contributed by atoms with van der Waals surface area (Å²) in [4.78, 5) is 34.8. The minimum absolute atomic E-state index is 0.0525. The molecule has 1 atom stereocenters. The number of hydrogen-bond acceptors (Lipinski definition) is 4. The fraction of sp³-hybridized carbons (Fsp3) is 0.320. The van der Waals surface area contributed by atoms with Crippen LogP contribution in [0.25, 0.3) is 0 Å². The van der Waals surface area contributed by atoms with Crippen LogP contribution in [0.1, 0.15) is 53.6 Å². The fourth-order valence-corrected chi connectivity index (χ4v) is 4.83. The van der Waals surface area contributed by atoms with Crippen LogP contribution in [0, 0.1) is 11.6 Å². The number of amides is 1. The number of nitrogens with zero attached hydrogens (tertiary/aromatic N) is 2. The van der Waals surface area contributed by atoms with Crippen LogP contribution in [0.5, 0.6) is 0 Å². The quantitative estimate of drug-likeness (QED) is 0.638. The van der Waals surface area contributed by atoms with E-state index in [1.807, 2.05) is 30.3 Å². The van der Waals surface area contributed by atoms with E-state index >= 15 is 0 Å². The van der Waals surface area contributed by atoms with Crippen molar-refractivity contribution < 1.29 is 18.7 Å². The number of aromatic amines is 1. The van der Waals surface area contributed by atoms with E-state index in [-0.39, 0.29) is 24.1 Å². The molecule has 3 aromatic rings. The van der Waals surface area contributed by atoms with Gasteiger partial charge in [-0.25, -0.2) is 13.8 Å². The number of aromatic nitrogens is 2. The van der Waals surface area contributed by atoms with Gasteiger partial charge in [0.25, 0.3) is 11.5 Å². The van der Waals surface area contributed by atoms with Crippen LogP contribution in [-0.4, -0.2) is 32.4 Å². The van der Waals surface area contributed by atoms with E-state index < -0.39 is 29.2 Å². The number of fused-ring (bicyclic) bond motifs is 1. The lowest BCUT2D eigenvalue weighted by molar-refractivity contribution is -0.141. The number of nitrogens with one attached hydrogen (secondary N) is 1. The first-order chi connectivity index (χ1) is 15.9. The zero-order valence-corrected chi connectivity index (χ0v) is 17.9. The first-order valence-corrected chi connectivity index (χ1v) is 11.0. The summed E-state index contributed by atoms with van der Waals surface area (Å²) in [5.41, 5.74) is 1.04. The molecule has 2 heterocycles. The van der Waals surface area contributed by atoms with Gasteiger partial charge in [0.05, 0.1) is 23.2 Å². The standard InChI is InChI=1S/C25H23F2N3O3/c26-18-9-4-8-16(20(18)27)21(31)23(33)30-13-10-19-17(14-30)22(32)29-24(28-19)25(11-5-12-25)15-6-2-1-3-7-15/h1-4,6-9,21,31H,5,10-14H2,(H,28,29,32). The molecule has 1 amide bonds. The zero-order valence-electron chi connectivity index (χ0n) is 17.9. The van der Waals surface area contributed by atoms with Gasteiger partial charge in [-0.1, -0.05) is 48.9 Å². The van der Waals surface area contributed by atoms with Gasteiger partial charge in [0.1, 0.15) is 5.82 Å². The molecule has 0 radical (unpaired) electrons. The second-order valence-electron chi connectivity index (χ2n) is 8.70. The second-order valence-corrected chi connectivity index (χ2v) is 8.70. The third kappa shape index (κ3) is 3.54. The summed E-state index contributed by atoms with van der Waals surface area (Å²) in [5, 5.41) is 10.4. The number of carbonyl (C=O) groups is 1. The van der Waals surface area contributed by atoms with Crippen LogP contribution >= 0.6 is 0 Å². The van der Waals surface area contributed by atoms with Gasteiger partial charge in [0.15, 0.2) is 17.7 Å². The highest BCUT2D eigenvalue weighted by molar-refractivity contribution is 5.82. The second kappa shape index (κ2) is 8.19. The Hall–Kier alpha value is -3.39. The molecule has 1 saturated carbocycles. The van der Waals surface area contributed by atoms with E-state index in [1.165, 1.54) is 17.0 Å². The van der Waals surface area contributed by atoms with Crippen molar-refractivity contribution in [2.75, 3.05) is 6.54 Å². The molecule has 1 aromatic heterocycles. The third-order valence-corrected chi connectivity index (χ3v) is 6.88. The Morgan fingerprint density at radius 3 is 2.58 bits per heavy atom. The maximum Gasteiger partial charge on any atom is 0.256 e. The number of carbonyl (C=O) groups excluding carboxylic acids is 1. The fourth-order valence-electron chi connectivity index (χ4n) is 4.83. The lowest BCUT2D eigenvalue weighted by atomic mass is 9.64. The summed E-state index contributed by atoms with van der Waals surface area (Å²) in [5.74, 6) is -2.54. The van der Waals surface area contributed by atoms with Crippen LogP contribution in [0.2, 0.25) is 0 Å². The molecule has 8 heteroatoms. The minimum atomic E-state index is -1.86. The molecule has 0 spiro atoms. The van der Waals surface area contributed by atoms with Crippen molar-refractivity contribution in [3.63, 3.8) is 0 Å². The van der Waals surface area contributed by atoms with Crippen molar-refractivity contribution in [3.05, 3.63) is 98.7 Å². The molecule has 6 nitrogen and oxygen atoms in total. The van der Waals surface area contributed by atoms with Gasteiger partial charge in [-0.05, 0) is 24.5 Å². The Morgan fingerprint density at radius 2 is 1.88 bits per heavy atom. The van der Waals surface area contributed by atoms with E-state index in [1.54, 1.807) is 0 Å². The van der Waals surface area contributed by atoms with Gasteiger partial charge in [0, 0.05) is 18.5 Å². The SMILES string of the molecule is O=C(C(O)c1cccc(F)c1F)N1CCc2nc(C3(c4ccccc4)CCC3)[nH]c(=O)c2C1. The van der Waals surface area contributed by atoms with E-state index in [2.05, 4.69) is 4.98 Å². The molecule has 0 saturated heterocycles. The molecule has 1 unspecified atom stereocenters. The Balaban J connectivity index is 1.42. The van der Waals surface area contributed by atoms with Crippen LogP contribution in [0.4, 0.5) is 8.78 Å². The molecule has 5 rings (SSSR count). The van der Waals surface area contributed by atoms with Gasteiger partial charge in [0.2, 0.25) is 0 Å². The first-order valence-electron chi connectivity index (χ1n) is 11.0. The summed E-state index contributed by atoms with van der Waals surface area (Å²) < 4.78 is 27.6. The molecule has 1 aliphatic heterocycles. The molecule has 0 bridgehead atoms. The van der Waals surface area contributed by atoms with Gasteiger partial charge in [-0.15, -0.1) is 0 Å². The van der Waals surface area contributed by atoms with Crippen LogP contribution in [-0.2, 0) is 23.2 Å². The highest BCUT2D eigenvalue weighted by atomic mass is 19.2. The van der Waals surface area contributed by atoms with Crippen molar-refractivity contribution in [2.24, 2.45) is 0 Å². The van der Waals surface area contributed by atoms with Gasteiger partial charge < -0.3 is 15.0 Å². The molecule has 1 fully saturated rings. The highest BCUT2D eigenvalue weighted by Gasteiger charge is 2.43. The Kier molecular flexibility index (Phi) is 5.32. The van der Waals surface area contributed by atoms with E-state index in [0.29, 0.717) is 23.5 Å². The Bertz CT molecular complexity index is 1270. The summed E-state index contributed by atoms with van der Waals surface area (Å²) in [6, 6.07) is 13.3. The van der Waals surface area contributed by atoms with Crippen molar-refractivity contribution in [3.8, 4) is 0 Å². The van der Waals surface area contributed by atoms with Crippen molar-refractivity contribution in [1.29, 1.82) is 0 Å². The molecule has 2 N–H and O–H groups in total. The number of aliphatic hydroxyl groups excluding tert-OH is 1. The minimum Gasteiger partial charge on any atom is -0.378 e. The van der Waals surface area contributed by atoms with Gasteiger partial charge >= 0.3 is 0 Å². The van der Waals surface area contributed by atoms with Crippen molar-refractivity contribution >= 4 is 5.91 Å². The molecular weight excluding hydrogens is 428 g/mol. The average molecular weight is 451 g/mol. The first kappa shape index (κ1) is 21.5. The van der Waals surface area contributed by atoms with Crippen LogP contribution in [0.3, 0.4) is 0 Å². The molecule has 33 heavy (non-hydrogen) atoms. The molecule has 2 aliphatic rings. The zero-order chi connectivity index (χ0) is 23.2. The van der Waals surface area contributed by atoms with E-state index in [0.717, 1.165) is 30.9 Å². The molecule has 1 aliphatic carbocycles. The predicted molar refractivity (Wildman–Crippen MR) is 116 cm³/mol. The molecule has 2 aromatic carbocycles. The normalized spacial score (nSPS) is 17.7. The average Bonchev–Trinajstić information content (AvgIpc) is 2.80. The largest absolute Gasteiger partial charge is 0.378 e. The summed E-state index contributed by atoms with van der Waals surface area (Å²) in [6.07, 6.45) is 1.32. The summed E-state index contributed by atoms with van der Waals surface area (Å²) in [6.45, 7) is 0.164.